The van der Waals surface area contributed by atoms with Gasteiger partial charge in [-0.3, -0.25) is 4.79 Å². The van der Waals surface area contributed by atoms with Crippen LogP contribution in [0.2, 0.25) is 0 Å². The van der Waals surface area contributed by atoms with Gasteiger partial charge in [-0.2, -0.15) is 0 Å². The monoisotopic (exact) mass is 393 g/mol. The lowest BCUT2D eigenvalue weighted by atomic mass is 10.2. The highest BCUT2D eigenvalue weighted by Gasteiger charge is 2.21. The Labute approximate surface area is 149 Å². The molecule has 0 aliphatic carbocycles. The first kappa shape index (κ1) is 17.0. The average molecular weight is 394 g/mol. The maximum atomic E-state index is 12.2. The molecule has 2 atom stereocenters. The molecule has 1 aliphatic heterocycles. The van der Waals surface area contributed by atoms with Crippen molar-refractivity contribution in [2.24, 2.45) is 0 Å². The number of nitrogens with one attached hydrogen (secondary N) is 1. The zero-order chi connectivity index (χ0) is 16.9. The number of carbonyl (C=O) groups is 1. The van der Waals surface area contributed by atoms with Crippen LogP contribution in [-0.2, 0) is 9.53 Å². The van der Waals surface area contributed by atoms with Crippen LogP contribution in [-0.4, -0.2) is 41.0 Å². The van der Waals surface area contributed by atoms with Crippen molar-refractivity contribution >= 4 is 21.8 Å². The van der Waals surface area contributed by atoms with Gasteiger partial charge in [0.25, 0.3) is 5.91 Å². The quantitative estimate of drug-likeness (QED) is 0.819. The number of ether oxygens (including phenoxy) is 2. The zero-order valence-corrected chi connectivity index (χ0v) is 15.0. The first-order valence-corrected chi connectivity index (χ1v) is 8.79. The van der Waals surface area contributed by atoms with Gasteiger partial charge in [-0.05, 0) is 47.8 Å². The SMILES string of the molecule is C[C@@H](Oc1nn(-c2ccccc2)cc1Br)C(=O)NC[C@@H]1CCCO1. The number of carbonyl (C=O) groups excluding carboxylic acids is 1. The number of aromatic nitrogens is 2. The number of nitrogens with zero attached hydrogens (tertiary/aromatic N) is 2. The van der Waals surface area contributed by atoms with Crippen LogP contribution in [0.25, 0.3) is 5.69 Å². The second-order valence-electron chi connectivity index (χ2n) is 5.70. The maximum absolute atomic E-state index is 12.2. The van der Waals surface area contributed by atoms with E-state index in [1.54, 1.807) is 11.6 Å². The van der Waals surface area contributed by atoms with Crippen molar-refractivity contribution in [3.8, 4) is 11.6 Å². The summed E-state index contributed by atoms with van der Waals surface area (Å²) < 4.78 is 13.6. The summed E-state index contributed by atoms with van der Waals surface area (Å²) in [7, 11) is 0. The van der Waals surface area contributed by atoms with E-state index in [0.29, 0.717) is 16.9 Å². The fraction of sp³-hybridized carbons (Fsp3) is 0.412. The van der Waals surface area contributed by atoms with Crippen molar-refractivity contribution in [1.82, 2.24) is 15.1 Å². The first-order chi connectivity index (χ1) is 11.6. The molecule has 0 radical (unpaired) electrons. The molecule has 7 heteroatoms. The molecule has 6 nitrogen and oxygen atoms in total. The Bertz CT molecular complexity index is 684. The minimum atomic E-state index is -0.637. The van der Waals surface area contributed by atoms with Gasteiger partial charge >= 0.3 is 0 Å². The molecule has 1 amide bonds. The number of hydrogen-bond acceptors (Lipinski definition) is 4. The average Bonchev–Trinajstić information content (AvgIpc) is 3.24. The summed E-state index contributed by atoms with van der Waals surface area (Å²) in [6, 6.07) is 9.71. The van der Waals surface area contributed by atoms with E-state index < -0.39 is 6.10 Å². The van der Waals surface area contributed by atoms with Gasteiger partial charge < -0.3 is 14.8 Å². The number of benzene rings is 1. The van der Waals surface area contributed by atoms with E-state index in [-0.39, 0.29) is 12.0 Å². The number of hydrogen-bond donors (Lipinski definition) is 1. The molecule has 1 aromatic carbocycles. The number of para-hydroxylation sites is 1. The van der Waals surface area contributed by atoms with E-state index in [9.17, 15) is 4.79 Å². The third-order valence-electron chi connectivity index (χ3n) is 3.84. The molecule has 1 aliphatic rings. The third-order valence-corrected chi connectivity index (χ3v) is 4.39. The van der Waals surface area contributed by atoms with Gasteiger partial charge in [-0.1, -0.05) is 18.2 Å². The van der Waals surface area contributed by atoms with Crippen molar-refractivity contribution in [3.63, 3.8) is 0 Å². The molecule has 0 saturated carbocycles. The molecule has 24 heavy (non-hydrogen) atoms. The maximum Gasteiger partial charge on any atom is 0.260 e. The van der Waals surface area contributed by atoms with Gasteiger partial charge in [-0.25, -0.2) is 4.68 Å². The summed E-state index contributed by atoms with van der Waals surface area (Å²) in [5.74, 6) is 0.213. The summed E-state index contributed by atoms with van der Waals surface area (Å²) in [6.07, 6.45) is 3.33. The standard InChI is InChI=1S/C17H20BrN3O3/c1-12(16(22)19-10-14-8-5-9-23-14)24-17-15(18)11-21(20-17)13-6-3-2-4-7-13/h2-4,6-7,11-12,14H,5,8-10H2,1H3,(H,19,22)/t12-,14+/m1/s1. The van der Waals surface area contributed by atoms with E-state index in [1.165, 1.54) is 0 Å². The van der Waals surface area contributed by atoms with E-state index in [2.05, 4.69) is 26.3 Å². The molecular weight excluding hydrogens is 374 g/mol. The highest BCUT2D eigenvalue weighted by Crippen LogP contribution is 2.25. The fourth-order valence-corrected chi connectivity index (χ4v) is 2.88. The second kappa shape index (κ2) is 7.81. The molecule has 3 rings (SSSR count). The molecule has 128 valence electrons. The van der Waals surface area contributed by atoms with E-state index in [0.717, 1.165) is 25.1 Å². The Morgan fingerprint density at radius 2 is 2.29 bits per heavy atom. The van der Waals surface area contributed by atoms with Gasteiger partial charge in [0.15, 0.2) is 6.10 Å². The van der Waals surface area contributed by atoms with Crippen LogP contribution in [0.3, 0.4) is 0 Å². The number of rotatable bonds is 6. The predicted octanol–water partition coefficient (Wildman–Crippen LogP) is 2.70. The lowest BCUT2D eigenvalue weighted by Gasteiger charge is -2.15. The van der Waals surface area contributed by atoms with E-state index >= 15 is 0 Å². The highest BCUT2D eigenvalue weighted by molar-refractivity contribution is 9.10. The van der Waals surface area contributed by atoms with Crippen LogP contribution < -0.4 is 10.1 Å². The molecule has 1 aromatic heterocycles. The Hall–Kier alpha value is -1.86. The molecule has 0 unspecified atom stereocenters. The fourth-order valence-electron chi connectivity index (χ4n) is 2.51. The molecule has 1 N–H and O–H groups in total. The minimum absolute atomic E-state index is 0.116. The zero-order valence-electron chi connectivity index (χ0n) is 13.4. The smallest absolute Gasteiger partial charge is 0.260 e. The van der Waals surface area contributed by atoms with Crippen molar-refractivity contribution < 1.29 is 14.3 Å². The first-order valence-electron chi connectivity index (χ1n) is 8.00. The predicted molar refractivity (Wildman–Crippen MR) is 93.3 cm³/mol. The minimum Gasteiger partial charge on any atom is -0.463 e. The molecule has 2 aromatic rings. The van der Waals surface area contributed by atoms with E-state index in [1.807, 2.05) is 36.5 Å². The Morgan fingerprint density at radius 1 is 1.50 bits per heavy atom. The molecular formula is C17H20BrN3O3. The van der Waals surface area contributed by atoms with Crippen LogP contribution in [0.4, 0.5) is 0 Å². The summed E-state index contributed by atoms with van der Waals surface area (Å²) in [6.45, 7) is 3.00. The van der Waals surface area contributed by atoms with Crippen LogP contribution in [0.15, 0.2) is 41.0 Å². The lowest BCUT2D eigenvalue weighted by molar-refractivity contribution is -0.127. The third kappa shape index (κ3) is 4.15. The summed E-state index contributed by atoms with van der Waals surface area (Å²) in [5, 5.41) is 7.25. The van der Waals surface area contributed by atoms with Crippen LogP contribution in [0.5, 0.6) is 5.88 Å². The number of amides is 1. The molecule has 1 saturated heterocycles. The molecule has 1 fully saturated rings. The number of halogens is 1. The van der Waals surface area contributed by atoms with Crippen LogP contribution in [0, 0.1) is 0 Å². The second-order valence-corrected chi connectivity index (χ2v) is 6.56. The van der Waals surface area contributed by atoms with Crippen molar-refractivity contribution in [3.05, 3.63) is 41.0 Å². The summed E-state index contributed by atoms with van der Waals surface area (Å²) in [4.78, 5) is 12.2. The van der Waals surface area contributed by atoms with Crippen molar-refractivity contribution in [2.45, 2.75) is 32.0 Å². The van der Waals surface area contributed by atoms with Crippen molar-refractivity contribution in [2.75, 3.05) is 13.2 Å². The highest BCUT2D eigenvalue weighted by atomic mass is 79.9. The summed E-state index contributed by atoms with van der Waals surface area (Å²) in [5.41, 5.74) is 0.920. The topological polar surface area (TPSA) is 65.4 Å². The van der Waals surface area contributed by atoms with Crippen LogP contribution in [0.1, 0.15) is 19.8 Å². The van der Waals surface area contributed by atoms with Crippen LogP contribution >= 0.6 is 15.9 Å². The Kier molecular flexibility index (Phi) is 5.52. The van der Waals surface area contributed by atoms with Gasteiger partial charge in [0.05, 0.1) is 16.3 Å². The lowest BCUT2D eigenvalue weighted by Crippen LogP contribution is -2.40. The van der Waals surface area contributed by atoms with E-state index in [4.69, 9.17) is 9.47 Å². The van der Waals surface area contributed by atoms with Gasteiger partial charge in [-0.15, -0.1) is 5.10 Å². The molecule has 2 heterocycles. The summed E-state index contributed by atoms with van der Waals surface area (Å²) >= 11 is 3.42. The Morgan fingerprint density at radius 3 is 3.00 bits per heavy atom. The molecule has 0 bridgehead atoms. The largest absolute Gasteiger partial charge is 0.463 e. The van der Waals surface area contributed by atoms with Gasteiger partial charge in [0.1, 0.15) is 0 Å². The van der Waals surface area contributed by atoms with Gasteiger partial charge in [0, 0.05) is 19.3 Å². The molecule has 0 spiro atoms. The Balaban J connectivity index is 1.58. The van der Waals surface area contributed by atoms with Gasteiger partial charge in [0.2, 0.25) is 5.88 Å². The van der Waals surface area contributed by atoms with Crippen molar-refractivity contribution in [1.29, 1.82) is 0 Å². The normalized spacial score (nSPS) is 18.3.